The van der Waals surface area contributed by atoms with Crippen molar-refractivity contribution in [3.8, 4) is 0 Å². The van der Waals surface area contributed by atoms with Gasteiger partial charge in [-0.2, -0.15) is 5.10 Å². The highest BCUT2D eigenvalue weighted by atomic mass is 16.4. The summed E-state index contributed by atoms with van der Waals surface area (Å²) in [5.74, 6) is -1.18. The maximum absolute atomic E-state index is 10.9. The Labute approximate surface area is 92.4 Å². The third-order valence-electron chi connectivity index (χ3n) is 2.15. The molecule has 0 aliphatic heterocycles. The molecule has 0 unspecified atom stereocenters. The topological polar surface area (TPSA) is 96.2 Å². The van der Waals surface area contributed by atoms with Crippen molar-refractivity contribution in [2.45, 2.75) is 6.54 Å². The quantitative estimate of drug-likeness (QED) is 0.595. The molecule has 0 aliphatic rings. The number of hydrogen-bond donors (Lipinski definition) is 3. The molecular weight excluding hydrogens is 212 g/mol. The van der Waals surface area contributed by atoms with Gasteiger partial charge in [0.25, 0.3) is 0 Å². The first-order chi connectivity index (χ1) is 7.56. The molecule has 0 radical (unpaired) electrons. The Hall–Kier alpha value is -1.89. The molecule has 7 nitrogen and oxygen atoms in total. The minimum absolute atomic E-state index is 0.140. The van der Waals surface area contributed by atoms with E-state index in [-0.39, 0.29) is 24.6 Å². The molecule has 1 heterocycles. The van der Waals surface area contributed by atoms with E-state index >= 15 is 0 Å². The van der Waals surface area contributed by atoms with Crippen molar-refractivity contribution in [2.75, 3.05) is 13.6 Å². The molecule has 16 heavy (non-hydrogen) atoms. The lowest BCUT2D eigenvalue weighted by molar-refractivity contribution is -0.119. The SMILES string of the molecule is CNC(=O)CNCc1c(C(=O)O)cnn1C. The van der Waals surface area contributed by atoms with Gasteiger partial charge in [0.05, 0.1) is 18.4 Å². The third-order valence-corrected chi connectivity index (χ3v) is 2.15. The van der Waals surface area contributed by atoms with Crippen LogP contribution in [0, 0.1) is 0 Å². The van der Waals surface area contributed by atoms with E-state index in [1.54, 1.807) is 7.05 Å². The molecule has 3 N–H and O–H groups in total. The van der Waals surface area contributed by atoms with Gasteiger partial charge in [-0.3, -0.25) is 9.48 Å². The van der Waals surface area contributed by atoms with Crippen LogP contribution in [0.15, 0.2) is 6.20 Å². The fourth-order valence-electron chi connectivity index (χ4n) is 1.23. The Bertz CT molecular complexity index is 399. The van der Waals surface area contributed by atoms with Gasteiger partial charge in [0.1, 0.15) is 5.56 Å². The number of aromatic carboxylic acids is 1. The number of rotatable bonds is 5. The van der Waals surface area contributed by atoms with Crippen LogP contribution >= 0.6 is 0 Å². The number of carboxylic acid groups (broad SMARTS) is 1. The van der Waals surface area contributed by atoms with Gasteiger partial charge in [-0.25, -0.2) is 4.79 Å². The van der Waals surface area contributed by atoms with Gasteiger partial charge in [0.2, 0.25) is 5.91 Å². The Balaban J connectivity index is 2.62. The van der Waals surface area contributed by atoms with Crippen LogP contribution in [0.4, 0.5) is 0 Å². The summed E-state index contributed by atoms with van der Waals surface area (Å²) in [5, 5.41) is 18.0. The summed E-state index contributed by atoms with van der Waals surface area (Å²) in [6.45, 7) is 0.423. The smallest absolute Gasteiger partial charge is 0.339 e. The summed E-state index contributed by atoms with van der Waals surface area (Å²) < 4.78 is 1.47. The number of carbonyl (C=O) groups excluding carboxylic acids is 1. The maximum atomic E-state index is 10.9. The second-order valence-corrected chi connectivity index (χ2v) is 3.21. The average Bonchev–Trinajstić information content (AvgIpc) is 2.60. The number of carbonyl (C=O) groups is 2. The van der Waals surface area contributed by atoms with Crippen molar-refractivity contribution in [2.24, 2.45) is 7.05 Å². The molecule has 0 atom stereocenters. The van der Waals surface area contributed by atoms with Crippen LogP contribution in [0.1, 0.15) is 16.1 Å². The van der Waals surface area contributed by atoms with Gasteiger partial charge in [0, 0.05) is 20.6 Å². The lowest BCUT2D eigenvalue weighted by atomic mass is 10.2. The van der Waals surface area contributed by atoms with Crippen LogP contribution < -0.4 is 10.6 Å². The van der Waals surface area contributed by atoms with E-state index in [1.165, 1.54) is 17.9 Å². The number of likely N-dealkylation sites (N-methyl/N-ethyl adjacent to an activating group) is 1. The Morgan fingerprint density at radius 3 is 2.81 bits per heavy atom. The highest BCUT2D eigenvalue weighted by molar-refractivity contribution is 5.88. The van der Waals surface area contributed by atoms with Crippen LogP contribution in [0.3, 0.4) is 0 Å². The zero-order valence-electron chi connectivity index (χ0n) is 9.15. The fourth-order valence-corrected chi connectivity index (χ4v) is 1.23. The average molecular weight is 226 g/mol. The first-order valence-electron chi connectivity index (χ1n) is 4.71. The van der Waals surface area contributed by atoms with Crippen LogP contribution in [-0.4, -0.2) is 40.4 Å². The predicted octanol–water partition coefficient (Wildman–Crippen LogP) is -1.05. The van der Waals surface area contributed by atoms with E-state index in [1.807, 2.05) is 0 Å². The number of nitrogens with zero attached hydrogens (tertiary/aromatic N) is 2. The Morgan fingerprint density at radius 2 is 2.25 bits per heavy atom. The van der Waals surface area contributed by atoms with E-state index in [9.17, 15) is 9.59 Å². The van der Waals surface area contributed by atoms with Gasteiger partial charge >= 0.3 is 5.97 Å². The Morgan fingerprint density at radius 1 is 1.56 bits per heavy atom. The number of amides is 1. The minimum Gasteiger partial charge on any atom is -0.478 e. The summed E-state index contributed by atoms with van der Waals surface area (Å²) in [6, 6.07) is 0. The van der Waals surface area contributed by atoms with Gasteiger partial charge in [-0.05, 0) is 0 Å². The van der Waals surface area contributed by atoms with Crippen molar-refractivity contribution in [1.29, 1.82) is 0 Å². The molecule has 0 spiro atoms. The fraction of sp³-hybridized carbons (Fsp3) is 0.444. The summed E-state index contributed by atoms with van der Waals surface area (Å²) >= 11 is 0. The summed E-state index contributed by atoms with van der Waals surface area (Å²) in [6.07, 6.45) is 1.29. The predicted molar refractivity (Wildman–Crippen MR) is 55.9 cm³/mol. The summed E-state index contributed by atoms with van der Waals surface area (Å²) in [7, 11) is 3.19. The molecule has 1 aromatic heterocycles. The lowest BCUT2D eigenvalue weighted by Crippen LogP contribution is -2.31. The zero-order valence-corrected chi connectivity index (χ0v) is 9.15. The standard InChI is InChI=1S/C9H14N4O3/c1-10-8(14)5-11-4-7-6(9(15)16)3-12-13(7)2/h3,11H,4-5H2,1-2H3,(H,10,14)(H,15,16). The molecule has 1 amide bonds. The molecule has 7 heteroatoms. The first-order valence-corrected chi connectivity index (χ1v) is 4.71. The van der Waals surface area contributed by atoms with Crippen LogP contribution in [0.5, 0.6) is 0 Å². The number of aromatic nitrogens is 2. The van der Waals surface area contributed by atoms with Crippen LogP contribution in [-0.2, 0) is 18.4 Å². The number of hydrogen-bond acceptors (Lipinski definition) is 4. The minimum atomic E-state index is -1.02. The van der Waals surface area contributed by atoms with Crippen molar-refractivity contribution in [3.05, 3.63) is 17.5 Å². The first kappa shape index (κ1) is 12.2. The molecule has 0 aliphatic carbocycles. The molecule has 1 aromatic rings. The van der Waals surface area contributed by atoms with Gasteiger partial charge in [-0.15, -0.1) is 0 Å². The van der Waals surface area contributed by atoms with Crippen molar-refractivity contribution < 1.29 is 14.7 Å². The summed E-state index contributed by atoms with van der Waals surface area (Å²) in [4.78, 5) is 21.8. The number of nitrogens with one attached hydrogen (secondary N) is 2. The molecule has 0 fully saturated rings. The van der Waals surface area contributed by atoms with Gasteiger partial charge < -0.3 is 15.7 Å². The highest BCUT2D eigenvalue weighted by Crippen LogP contribution is 2.06. The van der Waals surface area contributed by atoms with Gasteiger partial charge in [0.15, 0.2) is 0 Å². The van der Waals surface area contributed by atoms with Gasteiger partial charge in [-0.1, -0.05) is 0 Å². The monoisotopic (exact) mass is 226 g/mol. The molecule has 0 aromatic carbocycles. The molecule has 1 rings (SSSR count). The second kappa shape index (κ2) is 5.26. The number of carboxylic acids is 1. The van der Waals surface area contributed by atoms with E-state index in [2.05, 4.69) is 15.7 Å². The zero-order chi connectivity index (χ0) is 12.1. The van der Waals surface area contributed by atoms with Crippen molar-refractivity contribution in [1.82, 2.24) is 20.4 Å². The highest BCUT2D eigenvalue weighted by Gasteiger charge is 2.14. The molecule has 0 bridgehead atoms. The third kappa shape index (κ3) is 2.80. The maximum Gasteiger partial charge on any atom is 0.339 e. The normalized spacial score (nSPS) is 10.1. The van der Waals surface area contributed by atoms with Crippen LogP contribution in [0.25, 0.3) is 0 Å². The van der Waals surface area contributed by atoms with E-state index in [0.29, 0.717) is 5.69 Å². The van der Waals surface area contributed by atoms with Crippen molar-refractivity contribution >= 4 is 11.9 Å². The van der Waals surface area contributed by atoms with E-state index in [4.69, 9.17) is 5.11 Å². The van der Waals surface area contributed by atoms with E-state index < -0.39 is 5.97 Å². The molecule has 0 saturated heterocycles. The Kier molecular flexibility index (Phi) is 4.01. The molecular formula is C9H14N4O3. The van der Waals surface area contributed by atoms with Crippen LogP contribution in [0.2, 0.25) is 0 Å². The molecule has 0 saturated carbocycles. The largest absolute Gasteiger partial charge is 0.478 e. The van der Waals surface area contributed by atoms with Crippen molar-refractivity contribution in [3.63, 3.8) is 0 Å². The lowest BCUT2D eigenvalue weighted by Gasteiger charge is -2.05. The molecule has 88 valence electrons. The summed E-state index contributed by atoms with van der Waals surface area (Å²) in [5.41, 5.74) is 0.684. The number of aryl methyl sites for hydroxylation is 1. The second-order valence-electron chi connectivity index (χ2n) is 3.21. The van der Waals surface area contributed by atoms with E-state index in [0.717, 1.165) is 0 Å².